The molecule has 0 saturated heterocycles. The Balaban J connectivity index is 4.22. The van der Waals surface area contributed by atoms with E-state index in [4.69, 9.17) is 4.74 Å². The minimum atomic E-state index is -0.164. The molecule has 0 saturated carbocycles. The minimum absolute atomic E-state index is 0.0992. The summed E-state index contributed by atoms with van der Waals surface area (Å²) in [5, 5.41) is 3.32. The van der Waals surface area contributed by atoms with Crippen molar-refractivity contribution in [2.45, 2.75) is 39.8 Å². The lowest BCUT2D eigenvalue weighted by molar-refractivity contribution is -0.130. The van der Waals surface area contributed by atoms with Crippen molar-refractivity contribution in [1.29, 1.82) is 0 Å². The van der Waals surface area contributed by atoms with E-state index in [0.717, 1.165) is 0 Å². The minimum Gasteiger partial charge on any atom is -0.380 e. The lowest BCUT2D eigenvalue weighted by atomic mass is 10.0. The smallest absolute Gasteiger partial charge is 0.238 e. The van der Waals surface area contributed by atoms with Crippen molar-refractivity contribution in [3.63, 3.8) is 0 Å². The first-order valence-electron chi connectivity index (χ1n) is 5.95. The van der Waals surface area contributed by atoms with Gasteiger partial charge in [-0.05, 0) is 19.8 Å². The van der Waals surface area contributed by atoms with Crippen molar-refractivity contribution in [1.82, 2.24) is 10.2 Å². The van der Waals surface area contributed by atoms with Crippen molar-refractivity contribution in [2.24, 2.45) is 5.92 Å². The molecule has 0 aliphatic heterocycles. The maximum Gasteiger partial charge on any atom is 0.238 e. The third-order valence-corrected chi connectivity index (χ3v) is 2.58. The van der Waals surface area contributed by atoms with Crippen molar-refractivity contribution >= 4 is 5.91 Å². The first-order chi connectivity index (χ1) is 7.40. The van der Waals surface area contributed by atoms with Gasteiger partial charge in [0, 0.05) is 26.7 Å². The van der Waals surface area contributed by atoms with E-state index in [1.54, 1.807) is 19.0 Å². The van der Waals surface area contributed by atoms with Crippen molar-refractivity contribution in [2.75, 3.05) is 27.3 Å². The van der Waals surface area contributed by atoms with E-state index < -0.39 is 0 Å². The number of nitrogens with one attached hydrogen (secondary N) is 1. The highest BCUT2D eigenvalue weighted by Gasteiger charge is 2.21. The molecule has 2 unspecified atom stereocenters. The van der Waals surface area contributed by atoms with Crippen LogP contribution in [0.15, 0.2) is 0 Å². The largest absolute Gasteiger partial charge is 0.380 e. The average Bonchev–Trinajstić information content (AvgIpc) is 2.21. The third kappa shape index (κ3) is 5.47. The molecule has 0 rings (SSSR count). The molecule has 16 heavy (non-hydrogen) atoms. The highest BCUT2D eigenvalue weighted by Crippen LogP contribution is 2.04. The molecule has 0 aliphatic carbocycles. The van der Waals surface area contributed by atoms with E-state index in [2.05, 4.69) is 19.2 Å². The number of ether oxygens (including phenoxy) is 1. The maximum absolute atomic E-state index is 11.7. The molecule has 4 heteroatoms. The molecule has 0 aliphatic rings. The zero-order valence-corrected chi connectivity index (χ0v) is 11.4. The van der Waals surface area contributed by atoms with Crippen LogP contribution < -0.4 is 5.32 Å². The van der Waals surface area contributed by atoms with Crippen molar-refractivity contribution in [3.8, 4) is 0 Å². The Morgan fingerprint density at radius 1 is 1.31 bits per heavy atom. The second-order valence-corrected chi connectivity index (χ2v) is 4.63. The standard InChI is InChI=1S/C12H26N2O2/c1-7-16-8-11(9(2)3)13-10(4)12(15)14(5)6/h9-11,13H,7-8H2,1-6H3. The zero-order valence-electron chi connectivity index (χ0n) is 11.4. The van der Waals surface area contributed by atoms with E-state index in [0.29, 0.717) is 19.1 Å². The molecule has 0 aromatic carbocycles. The van der Waals surface area contributed by atoms with Crippen LogP contribution in [0.1, 0.15) is 27.7 Å². The summed E-state index contributed by atoms with van der Waals surface area (Å²) in [6.45, 7) is 9.49. The molecule has 0 aromatic rings. The molecule has 4 nitrogen and oxygen atoms in total. The van der Waals surface area contributed by atoms with Gasteiger partial charge >= 0.3 is 0 Å². The van der Waals surface area contributed by atoms with Crippen molar-refractivity contribution < 1.29 is 9.53 Å². The number of nitrogens with zero attached hydrogens (tertiary/aromatic N) is 1. The van der Waals surface area contributed by atoms with Gasteiger partial charge in [-0.25, -0.2) is 0 Å². The molecule has 1 N–H and O–H groups in total. The third-order valence-electron chi connectivity index (χ3n) is 2.58. The van der Waals surface area contributed by atoms with Gasteiger partial charge in [-0.15, -0.1) is 0 Å². The van der Waals surface area contributed by atoms with Gasteiger partial charge in [-0.3, -0.25) is 4.79 Å². The van der Waals surface area contributed by atoms with Crippen LogP contribution in [0, 0.1) is 5.92 Å². The van der Waals surface area contributed by atoms with Crippen LogP contribution in [0.25, 0.3) is 0 Å². The molecule has 2 atom stereocenters. The Labute approximate surface area is 99.3 Å². The first kappa shape index (κ1) is 15.4. The van der Waals surface area contributed by atoms with Gasteiger partial charge in [0.1, 0.15) is 0 Å². The lowest BCUT2D eigenvalue weighted by Crippen LogP contribution is -2.49. The quantitative estimate of drug-likeness (QED) is 0.712. The molecule has 0 radical (unpaired) electrons. The Morgan fingerprint density at radius 2 is 1.88 bits per heavy atom. The predicted molar refractivity (Wildman–Crippen MR) is 66.4 cm³/mol. The topological polar surface area (TPSA) is 41.6 Å². The summed E-state index contributed by atoms with van der Waals surface area (Å²) >= 11 is 0. The van der Waals surface area contributed by atoms with Gasteiger partial charge < -0.3 is 15.0 Å². The van der Waals surface area contributed by atoms with Crippen LogP contribution in [0.5, 0.6) is 0 Å². The average molecular weight is 230 g/mol. The molecule has 96 valence electrons. The van der Waals surface area contributed by atoms with Crippen LogP contribution in [0.4, 0.5) is 0 Å². The highest BCUT2D eigenvalue weighted by atomic mass is 16.5. The summed E-state index contributed by atoms with van der Waals surface area (Å²) in [5.41, 5.74) is 0. The van der Waals surface area contributed by atoms with Crippen LogP contribution in [0.3, 0.4) is 0 Å². The number of rotatable bonds is 7. The monoisotopic (exact) mass is 230 g/mol. The zero-order chi connectivity index (χ0) is 12.7. The van der Waals surface area contributed by atoms with Gasteiger partial charge in [0.2, 0.25) is 5.91 Å². The summed E-state index contributed by atoms with van der Waals surface area (Å²) in [4.78, 5) is 13.3. The van der Waals surface area contributed by atoms with Gasteiger partial charge in [0.15, 0.2) is 0 Å². The molecule has 0 fully saturated rings. The summed E-state index contributed by atoms with van der Waals surface area (Å²) in [5.74, 6) is 0.547. The summed E-state index contributed by atoms with van der Waals surface area (Å²) < 4.78 is 5.41. The summed E-state index contributed by atoms with van der Waals surface area (Å²) in [6, 6.07) is 0.0571. The Kier molecular flexibility index (Phi) is 7.34. The fraction of sp³-hybridized carbons (Fsp3) is 0.917. The molecule has 0 bridgehead atoms. The Bertz CT molecular complexity index is 205. The highest BCUT2D eigenvalue weighted by molar-refractivity contribution is 5.80. The van der Waals surface area contributed by atoms with E-state index >= 15 is 0 Å². The molecular formula is C12H26N2O2. The van der Waals surface area contributed by atoms with Crippen LogP contribution >= 0.6 is 0 Å². The van der Waals surface area contributed by atoms with Crippen LogP contribution in [-0.2, 0) is 9.53 Å². The second-order valence-electron chi connectivity index (χ2n) is 4.63. The fourth-order valence-electron chi connectivity index (χ4n) is 1.46. The lowest BCUT2D eigenvalue weighted by Gasteiger charge is -2.27. The Hall–Kier alpha value is -0.610. The number of likely N-dealkylation sites (N-methyl/N-ethyl adjacent to an activating group) is 1. The molecule has 1 amide bonds. The van der Waals surface area contributed by atoms with Gasteiger partial charge in [-0.1, -0.05) is 13.8 Å². The molecular weight excluding hydrogens is 204 g/mol. The van der Waals surface area contributed by atoms with E-state index in [9.17, 15) is 4.79 Å². The predicted octanol–water partition coefficient (Wildman–Crippen LogP) is 1.11. The number of amides is 1. The van der Waals surface area contributed by atoms with E-state index in [-0.39, 0.29) is 18.0 Å². The van der Waals surface area contributed by atoms with E-state index in [1.807, 2.05) is 13.8 Å². The van der Waals surface area contributed by atoms with E-state index in [1.165, 1.54) is 0 Å². The van der Waals surface area contributed by atoms with Gasteiger partial charge in [-0.2, -0.15) is 0 Å². The van der Waals surface area contributed by atoms with Crippen LogP contribution in [-0.4, -0.2) is 50.2 Å². The fourth-order valence-corrected chi connectivity index (χ4v) is 1.46. The van der Waals surface area contributed by atoms with Crippen molar-refractivity contribution in [3.05, 3.63) is 0 Å². The maximum atomic E-state index is 11.7. The number of carbonyl (C=O) groups is 1. The van der Waals surface area contributed by atoms with Gasteiger partial charge in [0.25, 0.3) is 0 Å². The first-order valence-corrected chi connectivity index (χ1v) is 5.95. The number of carbonyl (C=O) groups excluding carboxylic acids is 1. The summed E-state index contributed by atoms with van der Waals surface area (Å²) in [7, 11) is 3.54. The van der Waals surface area contributed by atoms with Crippen LogP contribution in [0.2, 0.25) is 0 Å². The SMILES string of the molecule is CCOCC(NC(C)C(=O)N(C)C)C(C)C. The second kappa shape index (κ2) is 7.63. The number of hydrogen-bond acceptors (Lipinski definition) is 3. The Morgan fingerprint density at radius 3 is 2.25 bits per heavy atom. The molecule has 0 heterocycles. The summed E-state index contributed by atoms with van der Waals surface area (Å²) in [6.07, 6.45) is 0. The molecule has 0 spiro atoms. The van der Waals surface area contributed by atoms with Gasteiger partial charge in [0.05, 0.1) is 12.6 Å². The molecule has 0 aromatic heterocycles. The number of hydrogen-bond donors (Lipinski definition) is 1. The normalized spacial score (nSPS) is 14.9.